The van der Waals surface area contributed by atoms with Gasteiger partial charge in [0.1, 0.15) is 0 Å². The van der Waals surface area contributed by atoms with Crippen LogP contribution in [0.3, 0.4) is 0 Å². The Morgan fingerprint density at radius 1 is 1.50 bits per heavy atom. The molecule has 1 fully saturated rings. The van der Waals surface area contributed by atoms with E-state index in [1.54, 1.807) is 0 Å². The molecular weight excluding hydrogens is 224 g/mol. The lowest BCUT2D eigenvalue weighted by molar-refractivity contribution is -0.120. The summed E-state index contributed by atoms with van der Waals surface area (Å²) in [6, 6.07) is 8.54. The van der Waals surface area contributed by atoms with Gasteiger partial charge in [0.25, 0.3) is 0 Å². The van der Waals surface area contributed by atoms with Crippen LogP contribution in [0, 0.1) is 5.92 Å². The molecule has 2 rings (SSSR count). The van der Waals surface area contributed by atoms with Crippen LogP contribution in [0.2, 0.25) is 0 Å². The fourth-order valence-electron chi connectivity index (χ4n) is 2.48. The highest BCUT2D eigenvalue weighted by Crippen LogP contribution is 2.19. The van der Waals surface area contributed by atoms with Gasteiger partial charge in [-0.25, -0.2) is 0 Å². The normalized spacial score (nSPS) is 23.7. The van der Waals surface area contributed by atoms with Crippen molar-refractivity contribution in [1.82, 2.24) is 5.32 Å². The predicted octanol–water partition coefficient (Wildman–Crippen LogP) is 2.58. The molecule has 0 saturated carbocycles. The lowest BCUT2D eigenvalue weighted by Gasteiger charge is -2.27. The molecule has 2 N–H and O–H groups in total. The van der Waals surface area contributed by atoms with Crippen molar-refractivity contribution >= 4 is 11.6 Å². The largest absolute Gasteiger partial charge is 0.326 e. The fourth-order valence-corrected chi connectivity index (χ4v) is 2.48. The maximum atomic E-state index is 12.2. The molecule has 2 atom stereocenters. The molecule has 0 unspecified atom stereocenters. The minimum atomic E-state index is 0.145. The first-order chi connectivity index (χ1) is 8.69. The Labute approximate surface area is 109 Å². The Morgan fingerprint density at radius 3 is 3.06 bits per heavy atom. The summed E-state index contributed by atoms with van der Waals surface area (Å²) in [5.41, 5.74) is 2.18. The Kier molecular flexibility index (Phi) is 4.37. The van der Waals surface area contributed by atoms with Gasteiger partial charge in [-0.05, 0) is 50.4 Å². The third-order valence-electron chi connectivity index (χ3n) is 3.60. The molecule has 0 bridgehead atoms. The topological polar surface area (TPSA) is 41.1 Å². The van der Waals surface area contributed by atoms with Crippen LogP contribution in [0.1, 0.15) is 32.3 Å². The maximum Gasteiger partial charge on any atom is 0.227 e. The maximum absolute atomic E-state index is 12.2. The zero-order valence-electron chi connectivity index (χ0n) is 11.2. The number of carbonyl (C=O) groups is 1. The average molecular weight is 246 g/mol. The number of nitrogens with one attached hydrogen (secondary N) is 2. The van der Waals surface area contributed by atoms with Gasteiger partial charge < -0.3 is 10.6 Å². The minimum Gasteiger partial charge on any atom is -0.326 e. The molecule has 1 aliphatic heterocycles. The van der Waals surface area contributed by atoms with Gasteiger partial charge in [-0.3, -0.25) is 4.79 Å². The molecule has 0 aromatic heterocycles. The Morgan fingerprint density at radius 2 is 2.33 bits per heavy atom. The zero-order chi connectivity index (χ0) is 13.0. The Bertz CT molecular complexity index is 417. The van der Waals surface area contributed by atoms with E-state index in [4.69, 9.17) is 0 Å². The standard InChI is InChI=1S/C15H22N2O/c1-3-12-5-4-6-14(10-12)17-15(18)13-7-8-16-11(2)9-13/h4-6,10-11,13,16H,3,7-9H2,1-2H3,(H,17,18)/t11-,13-/m0/s1. The number of benzene rings is 1. The second-order valence-electron chi connectivity index (χ2n) is 5.12. The van der Waals surface area contributed by atoms with Gasteiger partial charge in [0.15, 0.2) is 0 Å². The number of rotatable bonds is 3. The van der Waals surface area contributed by atoms with Crippen molar-refractivity contribution in [3.05, 3.63) is 29.8 Å². The lowest BCUT2D eigenvalue weighted by atomic mass is 9.92. The summed E-state index contributed by atoms with van der Waals surface area (Å²) in [5, 5.41) is 6.41. The van der Waals surface area contributed by atoms with E-state index in [-0.39, 0.29) is 11.8 Å². The molecule has 3 heteroatoms. The third-order valence-corrected chi connectivity index (χ3v) is 3.60. The quantitative estimate of drug-likeness (QED) is 0.860. The van der Waals surface area contributed by atoms with Gasteiger partial charge in [-0.2, -0.15) is 0 Å². The summed E-state index contributed by atoms with van der Waals surface area (Å²) in [5.74, 6) is 0.308. The van der Waals surface area contributed by atoms with Crippen LogP contribution in [0.5, 0.6) is 0 Å². The second kappa shape index (κ2) is 6.01. The Hall–Kier alpha value is -1.35. The van der Waals surface area contributed by atoms with Crippen molar-refractivity contribution in [2.45, 2.75) is 39.2 Å². The number of anilines is 1. The van der Waals surface area contributed by atoms with Gasteiger partial charge in [-0.1, -0.05) is 19.1 Å². The molecule has 1 amide bonds. The van der Waals surface area contributed by atoms with Crippen LogP contribution >= 0.6 is 0 Å². The van der Waals surface area contributed by atoms with E-state index in [0.29, 0.717) is 6.04 Å². The van der Waals surface area contributed by atoms with Crippen LogP contribution in [-0.2, 0) is 11.2 Å². The second-order valence-corrected chi connectivity index (χ2v) is 5.12. The van der Waals surface area contributed by atoms with E-state index in [9.17, 15) is 4.79 Å². The van der Waals surface area contributed by atoms with Crippen LogP contribution in [-0.4, -0.2) is 18.5 Å². The molecule has 18 heavy (non-hydrogen) atoms. The molecule has 1 saturated heterocycles. The van der Waals surface area contributed by atoms with Crippen LogP contribution in [0.25, 0.3) is 0 Å². The Balaban J connectivity index is 1.97. The number of hydrogen-bond donors (Lipinski definition) is 2. The van der Waals surface area contributed by atoms with Crippen LogP contribution in [0.4, 0.5) is 5.69 Å². The van der Waals surface area contributed by atoms with E-state index in [0.717, 1.165) is 31.5 Å². The van der Waals surface area contributed by atoms with Crippen molar-refractivity contribution < 1.29 is 4.79 Å². The van der Waals surface area contributed by atoms with E-state index in [1.165, 1.54) is 5.56 Å². The van der Waals surface area contributed by atoms with E-state index in [2.05, 4.69) is 36.6 Å². The summed E-state index contributed by atoms with van der Waals surface area (Å²) >= 11 is 0. The number of hydrogen-bond acceptors (Lipinski definition) is 2. The number of amides is 1. The zero-order valence-corrected chi connectivity index (χ0v) is 11.2. The summed E-state index contributed by atoms with van der Waals surface area (Å²) in [4.78, 5) is 12.2. The molecule has 1 aromatic carbocycles. The smallest absolute Gasteiger partial charge is 0.227 e. The van der Waals surface area contributed by atoms with Gasteiger partial charge in [0.2, 0.25) is 5.91 Å². The minimum absolute atomic E-state index is 0.145. The summed E-state index contributed by atoms with van der Waals surface area (Å²) in [6.07, 6.45) is 2.86. The molecule has 3 nitrogen and oxygen atoms in total. The first kappa shape index (κ1) is 13.1. The first-order valence-electron chi connectivity index (χ1n) is 6.82. The van der Waals surface area contributed by atoms with Crippen molar-refractivity contribution in [1.29, 1.82) is 0 Å². The molecule has 1 heterocycles. The molecule has 0 aliphatic carbocycles. The van der Waals surface area contributed by atoms with Crippen molar-refractivity contribution in [3.8, 4) is 0 Å². The SMILES string of the molecule is CCc1cccc(NC(=O)[C@H]2CCN[C@@H](C)C2)c1. The van der Waals surface area contributed by atoms with E-state index >= 15 is 0 Å². The fraction of sp³-hybridized carbons (Fsp3) is 0.533. The number of aryl methyl sites for hydroxylation is 1. The molecule has 0 radical (unpaired) electrons. The summed E-state index contributed by atoms with van der Waals surface area (Å²) in [7, 11) is 0. The van der Waals surface area contributed by atoms with Crippen LogP contribution in [0.15, 0.2) is 24.3 Å². The average Bonchev–Trinajstić information content (AvgIpc) is 2.39. The van der Waals surface area contributed by atoms with Gasteiger partial charge in [0.05, 0.1) is 0 Å². The number of piperidine rings is 1. The van der Waals surface area contributed by atoms with E-state index < -0.39 is 0 Å². The van der Waals surface area contributed by atoms with E-state index in [1.807, 2.05) is 12.1 Å². The molecule has 1 aliphatic rings. The molecule has 0 spiro atoms. The first-order valence-corrected chi connectivity index (χ1v) is 6.82. The van der Waals surface area contributed by atoms with Gasteiger partial charge in [0, 0.05) is 17.6 Å². The van der Waals surface area contributed by atoms with Crippen molar-refractivity contribution in [2.75, 3.05) is 11.9 Å². The lowest BCUT2D eigenvalue weighted by Crippen LogP contribution is -2.40. The van der Waals surface area contributed by atoms with Crippen molar-refractivity contribution in [3.63, 3.8) is 0 Å². The van der Waals surface area contributed by atoms with Crippen LogP contribution < -0.4 is 10.6 Å². The van der Waals surface area contributed by atoms with Gasteiger partial charge >= 0.3 is 0 Å². The summed E-state index contributed by atoms with van der Waals surface area (Å²) < 4.78 is 0. The highest BCUT2D eigenvalue weighted by atomic mass is 16.1. The summed E-state index contributed by atoms with van der Waals surface area (Å²) in [6.45, 7) is 5.20. The van der Waals surface area contributed by atoms with Crippen molar-refractivity contribution in [2.24, 2.45) is 5.92 Å². The predicted molar refractivity (Wildman–Crippen MR) is 74.6 cm³/mol. The molecular formula is C15H22N2O. The molecule has 1 aromatic rings. The highest BCUT2D eigenvalue weighted by molar-refractivity contribution is 5.92. The highest BCUT2D eigenvalue weighted by Gasteiger charge is 2.24. The monoisotopic (exact) mass is 246 g/mol. The third kappa shape index (κ3) is 3.33. The molecule has 98 valence electrons. The van der Waals surface area contributed by atoms with Gasteiger partial charge in [-0.15, -0.1) is 0 Å². The number of carbonyl (C=O) groups excluding carboxylic acids is 1.